The van der Waals surface area contributed by atoms with Crippen molar-refractivity contribution in [2.24, 2.45) is 0 Å². The van der Waals surface area contributed by atoms with Crippen LogP contribution in [0.2, 0.25) is 5.02 Å². The van der Waals surface area contributed by atoms with Crippen LogP contribution in [-0.2, 0) is 17.8 Å². The van der Waals surface area contributed by atoms with Gasteiger partial charge in [0.15, 0.2) is 5.82 Å². The van der Waals surface area contributed by atoms with E-state index in [1.165, 1.54) is 23.9 Å². The second-order valence-electron chi connectivity index (χ2n) is 7.97. The highest BCUT2D eigenvalue weighted by Gasteiger charge is 2.28. The maximum atomic E-state index is 15.3. The highest BCUT2D eigenvalue weighted by atomic mass is 35.5. The molecule has 1 N–H and O–H groups in total. The van der Waals surface area contributed by atoms with Gasteiger partial charge in [-0.05, 0) is 55.3 Å². The number of hydrogen-bond donors (Lipinski definition) is 1. The van der Waals surface area contributed by atoms with Crippen LogP contribution in [0.5, 0.6) is 0 Å². The lowest BCUT2D eigenvalue weighted by Crippen LogP contribution is -2.33. The van der Waals surface area contributed by atoms with Crippen LogP contribution >= 0.6 is 23.4 Å². The fraction of sp³-hybridized carbons (Fsp3) is 0.160. The van der Waals surface area contributed by atoms with Crippen LogP contribution in [0.4, 0.5) is 10.2 Å². The van der Waals surface area contributed by atoms with E-state index in [0.717, 1.165) is 16.9 Å². The van der Waals surface area contributed by atoms with E-state index in [1.807, 2.05) is 19.1 Å². The summed E-state index contributed by atoms with van der Waals surface area (Å²) >= 11 is 7.43. The molecule has 0 fully saturated rings. The van der Waals surface area contributed by atoms with Gasteiger partial charge in [0.05, 0.1) is 16.1 Å². The number of carboxylic acid groups (broad SMARTS) is 1. The Bertz CT molecular complexity index is 1470. The summed E-state index contributed by atoms with van der Waals surface area (Å²) < 4.78 is 16.9. The Hall–Kier alpha value is -3.36. The van der Waals surface area contributed by atoms with Gasteiger partial charge in [-0.3, -0.25) is 9.69 Å². The predicted octanol–water partition coefficient (Wildman–Crippen LogP) is 5.58. The minimum absolute atomic E-state index is 0.0312. The third kappa shape index (κ3) is 3.82. The number of aromatic carboxylic acids is 1. The van der Waals surface area contributed by atoms with Crippen molar-refractivity contribution < 1.29 is 19.1 Å². The summed E-state index contributed by atoms with van der Waals surface area (Å²) in [5.74, 6) is -1.17. The van der Waals surface area contributed by atoms with Crippen LogP contribution in [0.25, 0.3) is 10.9 Å². The molecular formula is C25H19ClFN3O3S. The molecule has 6 nitrogen and oxygen atoms in total. The maximum absolute atomic E-state index is 15.3. The van der Waals surface area contributed by atoms with Gasteiger partial charge in [0.25, 0.3) is 0 Å². The van der Waals surface area contributed by atoms with E-state index in [0.29, 0.717) is 28.3 Å². The van der Waals surface area contributed by atoms with Gasteiger partial charge in [0, 0.05) is 33.6 Å². The van der Waals surface area contributed by atoms with Gasteiger partial charge < -0.3 is 9.67 Å². The lowest BCUT2D eigenvalue weighted by atomic mass is 10.2. The molecule has 0 aliphatic carbocycles. The average Bonchev–Trinajstić information content (AvgIpc) is 3.37. The van der Waals surface area contributed by atoms with Crippen LogP contribution in [0.3, 0.4) is 0 Å². The molecular weight excluding hydrogens is 477 g/mol. The van der Waals surface area contributed by atoms with Gasteiger partial charge in [-0.1, -0.05) is 35.5 Å². The molecule has 0 saturated carbocycles. The topological polar surface area (TPSA) is 75.4 Å². The third-order valence-corrected chi connectivity index (χ3v) is 7.44. The summed E-state index contributed by atoms with van der Waals surface area (Å²) in [5, 5.41) is 9.90. The molecule has 9 heteroatoms. The first-order chi connectivity index (χ1) is 16.3. The van der Waals surface area contributed by atoms with E-state index in [9.17, 15) is 14.7 Å². The van der Waals surface area contributed by atoms with Gasteiger partial charge in [0.2, 0.25) is 5.91 Å². The average molecular weight is 496 g/mol. The summed E-state index contributed by atoms with van der Waals surface area (Å²) in [4.78, 5) is 32.1. The number of amides is 1. The molecule has 0 spiro atoms. The largest absolute Gasteiger partial charge is 0.478 e. The number of rotatable bonds is 5. The molecule has 0 saturated heterocycles. The molecule has 2 aromatic heterocycles. The summed E-state index contributed by atoms with van der Waals surface area (Å²) in [6, 6.07) is 13.6. The van der Waals surface area contributed by atoms with E-state index in [-0.39, 0.29) is 28.6 Å². The van der Waals surface area contributed by atoms with E-state index in [2.05, 4.69) is 4.98 Å². The normalized spacial score (nSPS) is 12.9. The van der Waals surface area contributed by atoms with Crippen LogP contribution < -0.4 is 4.90 Å². The molecule has 0 radical (unpaired) electrons. The van der Waals surface area contributed by atoms with Crippen molar-refractivity contribution in [1.29, 1.82) is 0 Å². The number of carboxylic acids is 1. The Kier molecular flexibility index (Phi) is 5.79. The van der Waals surface area contributed by atoms with Gasteiger partial charge in [-0.15, -0.1) is 0 Å². The number of nitrogens with zero attached hydrogens (tertiary/aromatic N) is 3. The summed E-state index contributed by atoms with van der Waals surface area (Å²) in [6.45, 7) is 2.27. The Morgan fingerprint density at radius 3 is 2.82 bits per heavy atom. The van der Waals surface area contributed by atoms with Crippen LogP contribution in [-0.4, -0.2) is 33.1 Å². The van der Waals surface area contributed by atoms with Gasteiger partial charge in [-0.2, -0.15) is 0 Å². The van der Waals surface area contributed by atoms with Crippen molar-refractivity contribution in [2.45, 2.75) is 29.7 Å². The van der Waals surface area contributed by atoms with Crippen molar-refractivity contribution in [3.05, 3.63) is 82.4 Å². The number of aromatic nitrogens is 2. The molecule has 5 rings (SSSR count). The Morgan fingerprint density at radius 2 is 2.03 bits per heavy atom. The minimum atomic E-state index is -1.02. The number of pyridine rings is 1. The number of carbonyl (C=O) groups is 2. The highest BCUT2D eigenvalue weighted by Crippen LogP contribution is 2.41. The van der Waals surface area contributed by atoms with Crippen molar-refractivity contribution >= 4 is 52.0 Å². The van der Waals surface area contributed by atoms with E-state index < -0.39 is 11.8 Å². The first-order valence-corrected chi connectivity index (χ1v) is 11.8. The van der Waals surface area contributed by atoms with Gasteiger partial charge >= 0.3 is 5.97 Å². The number of anilines is 1. The Balaban J connectivity index is 1.57. The predicted molar refractivity (Wildman–Crippen MR) is 129 cm³/mol. The Labute approximate surface area is 204 Å². The molecule has 2 aromatic carbocycles. The zero-order chi connectivity index (χ0) is 24.0. The fourth-order valence-corrected chi connectivity index (χ4v) is 5.53. The number of halogens is 2. The number of hydrogen-bond acceptors (Lipinski definition) is 4. The van der Waals surface area contributed by atoms with Gasteiger partial charge in [0.1, 0.15) is 12.4 Å². The molecule has 0 unspecified atom stereocenters. The standard InChI is InChI=1S/C25H19ClFN3O3S/c1-14-23(34-17-6-2-4-16(12-17)25(32)33)18-7-8-19(26)21(27)22(18)30(14)13-20(31)29-11-9-15-5-3-10-28-24(15)29/h2-8,10,12H,9,11,13H2,1H3,(H,32,33). The van der Waals surface area contributed by atoms with E-state index in [4.69, 9.17) is 11.6 Å². The molecule has 3 heterocycles. The lowest BCUT2D eigenvalue weighted by molar-refractivity contribution is -0.119. The SMILES string of the molecule is Cc1c(Sc2cccc(C(=O)O)c2)c2ccc(Cl)c(F)c2n1CC(=O)N1CCc2cccnc21. The van der Waals surface area contributed by atoms with Crippen molar-refractivity contribution in [2.75, 3.05) is 11.4 Å². The molecule has 0 bridgehead atoms. The minimum Gasteiger partial charge on any atom is -0.478 e. The van der Waals surface area contributed by atoms with Crippen LogP contribution in [0, 0.1) is 12.7 Å². The van der Waals surface area contributed by atoms with E-state index in [1.54, 1.807) is 39.9 Å². The van der Waals surface area contributed by atoms with Crippen molar-refractivity contribution in [1.82, 2.24) is 9.55 Å². The summed E-state index contributed by atoms with van der Waals surface area (Å²) in [7, 11) is 0. The first-order valence-electron chi connectivity index (χ1n) is 10.6. The van der Waals surface area contributed by atoms with E-state index >= 15 is 4.39 Å². The molecule has 4 aromatic rings. The molecule has 172 valence electrons. The van der Waals surface area contributed by atoms with Crippen molar-refractivity contribution in [3.8, 4) is 0 Å². The zero-order valence-corrected chi connectivity index (χ0v) is 19.7. The molecule has 34 heavy (non-hydrogen) atoms. The fourth-order valence-electron chi connectivity index (χ4n) is 4.28. The van der Waals surface area contributed by atoms with Crippen LogP contribution in [0.15, 0.2) is 64.5 Å². The molecule has 1 aliphatic heterocycles. The first kappa shape index (κ1) is 22.4. The number of benzene rings is 2. The zero-order valence-electron chi connectivity index (χ0n) is 18.1. The second kappa shape index (κ2) is 8.77. The van der Waals surface area contributed by atoms with Crippen molar-refractivity contribution in [3.63, 3.8) is 0 Å². The summed E-state index contributed by atoms with van der Waals surface area (Å²) in [5.41, 5.74) is 2.11. The van der Waals surface area contributed by atoms with Gasteiger partial charge in [-0.25, -0.2) is 14.2 Å². The Morgan fingerprint density at radius 1 is 1.21 bits per heavy atom. The smallest absolute Gasteiger partial charge is 0.335 e. The number of carbonyl (C=O) groups excluding carboxylic acids is 1. The third-order valence-electron chi connectivity index (χ3n) is 5.94. The molecule has 1 amide bonds. The molecule has 1 aliphatic rings. The summed E-state index contributed by atoms with van der Waals surface area (Å²) in [6.07, 6.45) is 2.38. The maximum Gasteiger partial charge on any atom is 0.335 e. The molecule has 0 atom stereocenters. The number of fused-ring (bicyclic) bond motifs is 2. The monoisotopic (exact) mass is 495 g/mol. The lowest BCUT2D eigenvalue weighted by Gasteiger charge is -2.18. The highest BCUT2D eigenvalue weighted by molar-refractivity contribution is 7.99. The quantitative estimate of drug-likeness (QED) is 0.391. The van der Waals surface area contributed by atoms with Crippen LogP contribution in [0.1, 0.15) is 21.6 Å². The second-order valence-corrected chi connectivity index (χ2v) is 9.47.